The molecule has 1 amide bonds. The predicted molar refractivity (Wildman–Crippen MR) is 130 cm³/mol. The fourth-order valence-electron chi connectivity index (χ4n) is 3.54. The van der Waals surface area contributed by atoms with Crippen LogP contribution in [0.2, 0.25) is 0 Å². The quantitative estimate of drug-likeness (QED) is 0.656. The number of nitrogens with one attached hydrogen (secondary N) is 1. The van der Waals surface area contributed by atoms with Crippen molar-refractivity contribution in [2.75, 3.05) is 12.4 Å². The van der Waals surface area contributed by atoms with Crippen LogP contribution < -0.4 is 4.74 Å². The fourth-order valence-corrected chi connectivity index (χ4v) is 5.36. The summed E-state index contributed by atoms with van der Waals surface area (Å²) in [6.07, 6.45) is 1.73. The van der Waals surface area contributed by atoms with Crippen LogP contribution in [0.15, 0.2) is 46.0 Å². The number of carbonyl (C=O) groups is 1. The summed E-state index contributed by atoms with van der Waals surface area (Å²) < 4.78 is 8.70. The third kappa shape index (κ3) is 3.95. The number of amidine groups is 2. The Kier molecular flexibility index (Phi) is 6.06. The maximum atomic E-state index is 12.7. The highest BCUT2D eigenvalue weighted by Crippen LogP contribution is 2.33. The molecule has 0 spiro atoms. The number of ether oxygens (including phenoxy) is 1. The maximum absolute atomic E-state index is 12.7. The first-order valence-corrected chi connectivity index (χ1v) is 11.8. The van der Waals surface area contributed by atoms with E-state index in [1.54, 1.807) is 17.8 Å². The second kappa shape index (κ2) is 8.76. The monoisotopic (exact) mass is 453 g/mol. The Labute approximate surface area is 189 Å². The van der Waals surface area contributed by atoms with Crippen molar-refractivity contribution in [3.63, 3.8) is 0 Å². The molecule has 160 valence electrons. The third-order valence-electron chi connectivity index (χ3n) is 4.88. The summed E-state index contributed by atoms with van der Waals surface area (Å²) >= 11 is 2.90. The lowest BCUT2D eigenvalue weighted by atomic mass is 10.1. The van der Waals surface area contributed by atoms with Crippen molar-refractivity contribution in [3.05, 3.63) is 52.9 Å². The Morgan fingerprint density at radius 3 is 2.77 bits per heavy atom. The molecule has 0 fully saturated rings. The minimum Gasteiger partial charge on any atom is -0.492 e. The Morgan fingerprint density at radius 2 is 2.03 bits per heavy atom. The summed E-state index contributed by atoms with van der Waals surface area (Å²) in [4.78, 5) is 16.9. The number of aryl methyl sites for hydroxylation is 1. The summed E-state index contributed by atoms with van der Waals surface area (Å²) in [5.74, 6) is 1.30. The number of aliphatic imine (C=N–C) groups is 1. The van der Waals surface area contributed by atoms with Gasteiger partial charge in [-0.15, -0.1) is 5.10 Å². The number of benzene rings is 1. The van der Waals surface area contributed by atoms with Gasteiger partial charge in [-0.25, -0.2) is 0 Å². The van der Waals surface area contributed by atoms with E-state index in [9.17, 15) is 4.79 Å². The molecule has 0 saturated heterocycles. The number of nitrogens with zero attached hydrogens (tertiary/aromatic N) is 4. The number of hydrogen-bond donors (Lipinski definition) is 1. The van der Waals surface area contributed by atoms with E-state index in [0.717, 1.165) is 38.5 Å². The molecule has 7 nitrogen and oxygen atoms in total. The molecule has 0 radical (unpaired) electrons. The Hall–Kier alpha value is -2.78. The molecule has 1 aromatic heterocycles. The largest absolute Gasteiger partial charge is 0.492 e. The number of hydrazone groups is 1. The lowest BCUT2D eigenvalue weighted by Crippen LogP contribution is -2.35. The molecule has 2 aromatic rings. The summed E-state index contributed by atoms with van der Waals surface area (Å²) in [6, 6.07) is 9.88. The highest BCUT2D eigenvalue weighted by atomic mass is 32.2. The molecule has 0 saturated carbocycles. The van der Waals surface area contributed by atoms with E-state index >= 15 is 0 Å². The van der Waals surface area contributed by atoms with Gasteiger partial charge < -0.3 is 9.30 Å². The first-order chi connectivity index (χ1) is 14.9. The Bertz CT molecular complexity index is 1160. The van der Waals surface area contributed by atoms with Crippen LogP contribution in [-0.2, 0) is 4.79 Å². The minimum atomic E-state index is -0.416. The topological polar surface area (TPSA) is 83.0 Å². The van der Waals surface area contributed by atoms with Crippen molar-refractivity contribution in [2.24, 2.45) is 10.1 Å². The lowest BCUT2D eigenvalue weighted by molar-refractivity contribution is -0.114. The molecule has 1 aromatic carbocycles. The molecule has 2 aliphatic rings. The van der Waals surface area contributed by atoms with Crippen molar-refractivity contribution in [2.45, 2.75) is 27.7 Å². The first kappa shape index (κ1) is 21.5. The van der Waals surface area contributed by atoms with E-state index in [1.807, 2.05) is 58.0 Å². The smallest absolute Gasteiger partial charge is 0.283 e. The molecular weight excluding hydrogens is 430 g/mol. The van der Waals surface area contributed by atoms with Crippen LogP contribution in [0.3, 0.4) is 0 Å². The highest BCUT2D eigenvalue weighted by molar-refractivity contribution is 8.45. The molecule has 3 heterocycles. The van der Waals surface area contributed by atoms with E-state index in [4.69, 9.17) is 10.1 Å². The molecule has 2 aliphatic heterocycles. The minimum absolute atomic E-state index is 0.0497. The van der Waals surface area contributed by atoms with E-state index < -0.39 is 5.91 Å². The highest BCUT2D eigenvalue weighted by Gasteiger charge is 2.35. The van der Waals surface area contributed by atoms with Gasteiger partial charge in [0.15, 0.2) is 10.2 Å². The second-order valence-corrected chi connectivity index (χ2v) is 9.35. The standard InChI is InChI=1S/C22H23N5O2S2/c1-5-29-18-10-8-7-9-17(18)26-13(3)11-15(14(26)4)12-16-19(23)27-21(24-20(16)28)31-22(25-27)30-6-2/h7-12,23H,5-6H2,1-4H3. The molecule has 31 heavy (non-hydrogen) atoms. The number of hydrogen-bond acceptors (Lipinski definition) is 6. The number of amides is 1. The molecule has 9 heteroatoms. The number of thioether (sulfide) groups is 2. The molecule has 0 atom stereocenters. The van der Waals surface area contributed by atoms with E-state index in [1.165, 1.54) is 16.8 Å². The van der Waals surface area contributed by atoms with Gasteiger partial charge in [0.05, 0.1) is 17.9 Å². The summed E-state index contributed by atoms with van der Waals surface area (Å²) in [6.45, 7) is 8.58. The number of carbonyl (C=O) groups excluding carboxylic acids is 1. The van der Waals surface area contributed by atoms with Gasteiger partial charge in [-0.05, 0) is 68.1 Å². The zero-order valence-corrected chi connectivity index (χ0v) is 19.4. The number of rotatable bonds is 5. The fraction of sp³-hybridized carbons (Fsp3) is 0.273. The van der Waals surface area contributed by atoms with Gasteiger partial charge in [0.25, 0.3) is 5.91 Å². The average Bonchev–Trinajstić information content (AvgIpc) is 3.26. The van der Waals surface area contributed by atoms with Gasteiger partial charge in [-0.1, -0.05) is 30.8 Å². The van der Waals surface area contributed by atoms with Gasteiger partial charge >= 0.3 is 0 Å². The summed E-state index contributed by atoms with van der Waals surface area (Å²) in [5.41, 5.74) is 3.99. The maximum Gasteiger partial charge on any atom is 0.283 e. The van der Waals surface area contributed by atoms with Crippen LogP contribution in [0, 0.1) is 19.3 Å². The van der Waals surface area contributed by atoms with Crippen LogP contribution in [0.5, 0.6) is 5.75 Å². The van der Waals surface area contributed by atoms with Gasteiger partial charge in [0, 0.05) is 11.4 Å². The normalized spacial score (nSPS) is 17.2. The molecule has 1 N–H and O–H groups in total. The number of para-hydroxylation sites is 2. The van der Waals surface area contributed by atoms with Crippen LogP contribution in [-0.4, -0.2) is 43.2 Å². The van der Waals surface area contributed by atoms with Crippen molar-refractivity contribution < 1.29 is 9.53 Å². The zero-order chi connectivity index (χ0) is 22.1. The van der Waals surface area contributed by atoms with E-state index in [2.05, 4.69) is 14.7 Å². The van der Waals surface area contributed by atoms with Crippen LogP contribution in [0.4, 0.5) is 0 Å². The van der Waals surface area contributed by atoms with Gasteiger partial charge in [-0.2, -0.15) is 10.0 Å². The van der Waals surface area contributed by atoms with Gasteiger partial charge in [0.1, 0.15) is 5.75 Å². The van der Waals surface area contributed by atoms with Crippen LogP contribution in [0.1, 0.15) is 30.8 Å². The number of fused-ring (bicyclic) bond motifs is 1. The van der Waals surface area contributed by atoms with Crippen molar-refractivity contribution >= 4 is 50.9 Å². The van der Waals surface area contributed by atoms with Crippen molar-refractivity contribution in [1.29, 1.82) is 5.41 Å². The lowest BCUT2D eigenvalue weighted by Gasteiger charge is -2.20. The molecule has 0 unspecified atom stereocenters. The zero-order valence-electron chi connectivity index (χ0n) is 17.8. The first-order valence-electron chi connectivity index (χ1n) is 9.98. The Morgan fingerprint density at radius 1 is 1.26 bits per heavy atom. The van der Waals surface area contributed by atoms with E-state index in [-0.39, 0.29) is 11.4 Å². The molecule has 0 bridgehead atoms. The molecular formula is C22H23N5O2S2. The Balaban J connectivity index is 1.73. The molecule has 4 rings (SSSR count). The molecule has 0 aliphatic carbocycles. The number of aromatic nitrogens is 1. The van der Waals surface area contributed by atoms with E-state index in [0.29, 0.717) is 11.8 Å². The van der Waals surface area contributed by atoms with Gasteiger partial charge in [-0.3, -0.25) is 10.2 Å². The third-order valence-corrected chi connectivity index (χ3v) is 6.80. The van der Waals surface area contributed by atoms with Crippen LogP contribution in [0.25, 0.3) is 11.8 Å². The van der Waals surface area contributed by atoms with Gasteiger partial charge in [0.2, 0.25) is 5.17 Å². The van der Waals surface area contributed by atoms with Crippen molar-refractivity contribution in [1.82, 2.24) is 9.58 Å². The second-order valence-electron chi connectivity index (χ2n) is 6.88. The average molecular weight is 454 g/mol. The van der Waals surface area contributed by atoms with Crippen molar-refractivity contribution in [3.8, 4) is 11.4 Å². The summed E-state index contributed by atoms with van der Waals surface area (Å²) in [5, 5.41) is 14.9. The SMILES string of the molecule is CCOc1ccccc1-n1c(C)cc(C=C2C(=N)N3N=C(SCC)SC3=NC2=O)c1C. The summed E-state index contributed by atoms with van der Waals surface area (Å²) in [7, 11) is 0. The van der Waals surface area contributed by atoms with Crippen LogP contribution >= 0.6 is 23.5 Å². The predicted octanol–water partition coefficient (Wildman–Crippen LogP) is 4.82.